The summed E-state index contributed by atoms with van der Waals surface area (Å²) in [4.78, 5) is 39.0. The maximum atomic E-state index is 12.5. The van der Waals surface area contributed by atoms with Gasteiger partial charge in [-0.05, 0) is 36.4 Å². The van der Waals surface area contributed by atoms with Crippen molar-refractivity contribution in [3.05, 3.63) is 46.7 Å². The number of amides is 2. The quantitative estimate of drug-likeness (QED) is 0.769. The molecule has 0 spiro atoms. The van der Waals surface area contributed by atoms with Crippen LogP contribution in [0.3, 0.4) is 0 Å². The number of thiophene rings is 1. The highest BCUT2D eigenvalue weighted by atomic mass is 32.1. The van der Waals surface area contributed by atoms with Crippen LogP contribution in [0.15, 0.2) is 41.8 Å². The van der Waals surface area contributed by atoms with Crippen molar-refractivity contribution in [3.8, 4) is 5.75 Å². The van der Waals surface area contributed by atoms with Crippen molar-refractivity contribution < 1.29 is 23.9 Å². The second kappa shape index (κ2) is 8.68. The van der Waals surface area contributed by atoms with E-state index in [9.17, 15) is 14.4 Å². The summed E-state index contributed by atoms with van der Waals surface area (Å²) in [5, 5.41) is 4.46. The number of carbonyl (C=O) groups is 3. The fraction of sp³-hybridized carbons (Fsp3) is 0.316. The van der Waals surface area contributed by atoms with Gasteiger partial charge in [-0.25, -0.2) is 4.79 Å². The molecule has 0 radical (unpaired) electrons. The van der Waals surface area contributed by atoms with Gasteiger partial charge in [-0.1, -0.05) is 12.1 Å². The van der Waals surface area contributed by atoms with Crippen LogP contribution < -0.4 is 10.1 Å². The normalized spacial score (nSPS) is 16.0. The Labute approximate surface area is 160 Å². The number of methoxy groups -OCH3 is 1. The molecule has 2 aromatic rings. The van der Waals surface area contributed by atoms with Crippen molar-refractivity contribution in [1.29, 1.82) is 0 Å². The minimum atomic E-state index is -0.649. The lowest BCUT2D eigenvalue weighted by Gasteiger charge is -2.22. The molecule has 0 bridgehead atoms. The second-order valence-electron chi connectivity index (χ2n) is 6.02. The Morgan fingerprint density at radius 1 is 1.26 bits per heavy atom. The first kappa shape index (κ1) is 18.9. The molecule has 7 nitrogen and oxygen atoms in total. The number of benzene rings is 1. The third-order valence-corrected chi connectivity index (χ3v) is 5.07. The molecular weight excluding hydrogens is 368 g/mol. The molecule has 142 valence electrons. The van der Waals surface area contributed by atoms with Gasteiger partial charge in [-0.15, -0.1) is 11.3 Å². The zero-order valence-corrected chi connectivity index (χ0v) is 15.7. The number of carbonyl (C=O) groups excluding carboxylic acids is 3. The molecule has 1 atom stereocenters. The summed E-state index contributed by atoms with van der Waals surface area (Å²) in [6.07, 6.45) is 1.26. The smallest absolute Gasteiger partial charge is 0.329 e. The van der Waals surface area contributed by atoms with E-state index in [1.165, 1.54) is 23.3 Å². The van der Waals surface area contributed by atoms with Crippen LogP contribution in [0, 0.1) is 0 Å². The number of rotatable bonds is 6. The lowest BCUT2D eigenvalue weighted by molar-refractivity contribution is -0.151. The van der Waals surface area contributed by atoms with E-state index in [0.29, 0.717) is 29.3 Å². The zero-order chi connectivity index (χ0) is 19.2. The molecule has 1 aliphatic rings. The van der Waals surface area contributed by atoms with Gasteiger partial charge in [0, 0.05) is 18.3 Å². The molecule has 1 aromatic carbocycles. The maximum Gasteiger partial charge on any atom is 0.329 e. The van der Waals surface area contributed by atoms with E-state index in [0.717, 1.165) is 6.42 Å². The van der Waals surface area contributed by atoms with E-state index in [1.807, 2.05) is 5.38 Å². The first-order chi connectivity index (χ1) is 13.1. The monoisotopic (exact) mass is 388 g/mol. The fourth-order valence-electron chi connectivity index (χ4n) is 2.93. The van der Waals surface area contributed by atoms with Crippen molar-refractivity contribution in [3.63, 3.8) is 0 Å². The van der Waals surface area contributed by atoms with Crippen LogP contribution in [0.2, 0.25) is 0 Å². The van der Waals surface area contributed by atoms with Crippen LogP contribution in [0.1, 0.15) is 22.5 Å². The Hall–Kier alpha value is -2.87. The molecule has 3 rings (SSSR count). The molecule has 1 aromatic heterocycles. The summed E-state index contributed by atoms with van der Waals surface area (Å²) in [6.45, 7) is 0.0973. The molecule has 27 heavy (non-hydrogen) atoms. The van der Waals surface area contributed by atoms with Crippen LogP contribution in [0.4, 0.5) is 5.69 Å². The van der Waals surface area contributed by atoms with E-state index in [2.05, 4.69) is 5.32 Å². The first-order valence-corrected chi connectivity index (χ1v) is 9.41. The second-order valence-corrected chi connectivity index (χ2v) is 6.97. The summed E-state index contributed by atoms with van der Waals surface area (Å²) in [6, 6.07) is 9.75. The van der Waals surface area contributed by atoms with Gasteiger partial charge in [0.15, 0.2) is 6.61 Å². The number of nitrogens with one attached hydrogen (secondary N) is 1. The Morgan fingerprint density at radius 2 is 2.11 bits per heavy atom. The molecule has 1 fully saturated rings. The summed E-state index contributed by atoms with van der Waals surface area (Å²) in [7, 11) is 1.54. The molecule has 1 N–H and O–H groups in total. The van der Waals surface area contributed by atoms with Crippen molar-refractivity contribution in [2.75, 3.05) is 25.6 Å². The molecule has 2 amide bonds. The molecular formula is C19H20N2O5S. The highest BCUT2D eigenvalue weighted by Gasteiger charge is 2.36. The van der Waals surface area contributed by atoms with Crippen LogP contribution in [0.25, 0.3) is 0 Å². The van der Waals surface area contributed by atoms with E-state index >= 15 is 0 Å². The van der Waals surface area contributed by atoms with E-state index in [4.69, 9.17) is 9.47 Å². The number of anilines is 1. The predicted molar refractivity (Wildman–Crippen MR) is 101 cm³/mol. The van der Waals surface area contributed by atoms with Gasteiger partial charge in [-0.2, -0.15) is 0 Å². The Balaban J connectivity index is 1.53. The number of ether oxygens (including phenoxy) is 2. The van der Waals surface area contributed by atoms with Gasteiger partial charge in [0.05, 0.1) is 12.0 Å². The highest BCUT2D eigenvalue weighted by Crippen LogP contribution is 2.23. The SMILES string of the molecule is COc1cccc(NC(=O)COC(=O)C2CCCN2C(=O)c2cccs2)c1. The lowest BCUT2D eigenvalue weighted by atomic mass is 10.2. The Kier molecular flexibility index (Phi) is 6.08. The lowest BCUT2D eigenvalue weighted by Crippen LogP contribution is -2.41. The van der Waals surface area contributed by atoms with Crippen molar-refractivity contribution in [1.82, 2.24) is 4.90 Å². The topological polar surface area (TPSA) is 84.9 Å². The van der Waals surface area contributed by atoms with Gasteiger partial charge in [0.25, 0.3) is 11.8 Å². The van der Waals surface area contributed by atoms with E-state index < -0.39 is 24.5 Å². The zero-order valence-electron chi connectivity index (χ0n) is 14.8. The Morgan fingerprint density at radius 3 is 2.85 bits per heavy atom. The van der Waals surface area contributed by atoms with Gasteiger partial charge >= 0.3 is 5.97 Å². The number of esters is 1. The predicted octanol–water partition coefficient (Wildman–Crippen LogP) is 2.54. The molecule has 0 saturated carbocycles. The van der Waals surface area contributed by atoms with Gasteiger partial charge < -0.3 is 19.7 Å². The van der Waals surface area contributed by atoms with Crippen molar-refractivity contribution in [2.24, 2.45) is 0 Å². The molecule has 1 unspecified atom stereocenters. The summed E-state index contributed by atoms with van der Waals surface area (Å²) in [5.41, 5.74) is 0.547. The van der Waals surface area contributed by atoms with Gasteiger partial charge in [0.2, 0.25) is 0 Å². The average molecular weight is 388 g/mol. The van der Waals surface area contributed by atoms with Crippen LogP contribution in [0.5, 0.6) is 5.75 Å². The van der Waals surface area contributed by atoms with Crippen LogP contribution in [-0.2, 0) is 14.3 Å². The third kappa shape index (κ3) is 4.65. The minimum Gasteiger partial charge on any atom is -0.497 e. The fourth-order valence-corrected chi connectivity index (χ4v) is 3.61. The third-order valence-electron chi connectivity index (χ3n) is 4.22. The Bertz CT molecular complexity index is 821. The van der Waals surface area contributed by atoms with E-state index in [-0.39, 0.29) is 5.91 Å². The number of hydrogen-bond acceptors (Lipinski definition) is 6. The average Bonchev–Trinajstić information content (AvgIpc) is 3.37. The number of nitrogens with zero attached hydrogens (tertiary/aromatic N) is 1. The molecule has 1 aliphatic heterocycles. The highest BCUT2D eigenvalue weighted by molar-refractivity contribution is 7.12. The van der Waals surface area contributed by atoms with Gasteiger partial charge in [-0.3, -0.25) is 9.59 Å². The molecule has 1 saturated heterocycles. The van der Waals surface area contributed by atoms with Crippen LogP contribution >= 0.6 is 11.3 Å². The van der Waals surface area contributed by atoms with Crippen molar-refractivity contribution in [2.45, 2.75) is 18.9 Å². The number of likely N-dealkylation sites (tertiary alicyclic amines) is 1. The molecule has 2 heterocycles. The summed E-state index contributed by atoms with van der Waals surface area (Å²) in [5.74, 6) is -0.576. The van der Waals surface area contributed by atoms with Gasteiger partial charge in [0.1, 0.15) is 11.8 Å². The largest absolute Gasteiger partial charge is 0.497 e. The summed E-state index contributed by atoms with van der Waals surface area (Å²) < 4.78 is 10.2. The number of hydrogen-bond donors (Lipinski definition) is 1. The molecule has 0 aliphatic carbocycles. The summed E-state index contributed by atoms with van der Waals surface area (Å²) >= 11 is 1.34. The maximum absolute atomic E-state index is 12.5. The van der Waals surface area contributed by atoms with E-state index in [1.54, 1.807) is 36.4 Å². The first-order valence-electron chi connectivity index (χ1n) is 8.53. The minimum absolute atomic E-state index is 0.176. The standard InChI is InChI=1S/C19H20N2O5S/c1-25-14-6-2-5-13(11-14)20-17(22)12-26-19(24)15-7-3-9-21(15)18(23)16-8-4-10-27-16/h2,4-6,8,10-11,15H,3,7,9,12H2,1H3,(H,20,22). The van der Waals surface area contributed by atoms with Crippen molar-refractivity contribution >= 4 is 34.8 Å². The van der Waals surface area contributed by atoms with Crippen LogP contribution in [-0.4, -0.2) is 49.0 Å². The molecule has 8 heteroatoms.